The van der Waals surface area contributed by atoms with Crippen molar-refractivity contribution in [3.05, 3.63) is 60.6 Å². The minimum absolute atomic E-state index is 0.0105. The maximum Gasteiger partial charge on any atom is 0.320 e. The first-order valence-corrected chi connectivity index (χ1v) is 25.4. The molecule has 0 spiro atoms. The second-order valence-corrected chi connectivity index (χ2v) is 21.2. The molecule has 0 radical (unpaired) electrons. The molecule has 65 heavy (non-hydrogen) atoms. The van der Waals surface area contributed by atoms with Gasteiger partial charge in [0, 0.05) is 63.0 Å². The van der Waals surface area contributed by atoms with Gasteiger partial charge in [-0.15, -0.1) is 0 Å². The number of nitrogens with one attached hydrogen (secondary N) is 4. The third kappa shape index (κ3) is 11.4. The number of hydrogen-bond donors (Lipinski definition) is 6. The Morgan fingerprint density at radius 3 is 2.06 bits per heavy atom. The van der Waals surface area contributed by atoms with Gasteiger partial charge in [-0.05, 0) is 123 Å². The van der Waals surface area contributed by atoms with Crippen LogP contribution in [-0.4, -0.2) is 57.9 Å². The number of ether oxygens (including phenoxy) is 2. The van der Waals surface area contributed by atoms with Crippen LogP contribution in [0.1, 0.15) is 174 Å². The molecule has 0 saturated carbocycles. The topological polar surface area (TPSA) is 149 Å². The number of methoxy groups -OCH3 is 1. The van der Waals surface area contributed by atoms with Crippen molar-refractivity contribution in [1.82, 2.24) is 20.6 Å². The minimum Gasteiger partial charge on any atom is -0.510 e. The van der Waals surface area contributed by atoms with Crippen molar-refractivity contribution in [1.29, 1.82) is 0 Å². The van der Waals surface area contributed by atoms with Crippen molar-refractivity contribution >= 4 is 41.5 Å². The maximum absolute atomic E-state index is 13.7. The summed E-state index contributed by atoms with van der Waals surface area (Å²) in [5.41, 5.74) is 7.53. The van der Waals surface area contributed by atoms with Gasteiger partial charge in [0.1, 0.15) is 11.7 Å². The fourth-order valence-corrected chi connectivity index (χ4v) is 11.6. The SMILES string of the molecule is CC[C@@H]1C(C)=C2/C=c3\[nH]/c(c(C)c3C(C)O)=C\C3NC(C4=c5[nH]c(c(C)c5=C(O)[C@@H]4C(=O)OC)/C=C/1N2)[C@@H](CCC(=O)OCCC(C)CCC[C@@H](C)CCC[C@H](C)CCCC(C)C)[C@@H]3C. The summed E-state index contributed by atoms with van der Waals surface area (Å²) < 4.78 is 11.3. The second kappa shape index (κ2) is 22.2. The van der Waals surface area contributed by atoms with Crippen LogP contribution < -0.4 is 31.9 Å². The molecule has 10 nitrogen and oxygen atoms in total. The molecule has 1 aliphatic carbocycles. The van der Waals surface area contributed by atoms with Crippen molar-refractivity contribution in [3.8, 4) is 0 Å². The highest BCUT2D eigenvalue weighted by atomic mass is 16.5. The summed E-state index contributed by atoms with van der Waals surface area (Å²) in [5.74, 6) is 1.22. The van der Waals surface area contributed by atoms with Gasteiger partial charge in [0.2, 0.25) is 0 Å². The lowest BCUT2D eigenvalue weighted by atomic mass is 9.79. The molecule has 5 heterocycles. The molecule has 10 heteroatoms. The molecule has 0 amide bonds. The Bertz CT molecular complexity index is 2330. The third-order valence-corrected chi connectivity index (χ3v) is 15.8. The Kier molecular flexibility index (Phi) is 17.2. The Labute approximate surface area is 389 Å². The van der Waals surface area contributed by atoms with Gasteiger partial charge in [0.25, 0.3) is 0 Å². The van der Waals surface area contributed by atoms with Gasteiger partial charge in [0.15, 0.2) is 0 Å². The van der Waals surface area contributed by atoms with Crippen LogP contribution in [0, 0.1) is 61.2 Å². The van der Waals surface area contributed by atoms with Gasteiger partial charge < -0.3 is 40.3 Å². The van der Waals surface area contributed by atoms with E-state index in [0.717, 1.165) is 92.4 Å². The highest BCUT2D eigenvalue weighted by Gasteiger charge is 2.48. The van der Waals surface area contributed by atoms with E-state index in [1.807, 2.05) is 13.8 Å². The van der Waals surface area contributed by atoms with Crippen LogP contribution in [0.4, 0.5) is 0 Å². The van der Waals surface area contributed by atoms with E-state index in [0.29, 0.717) is 24.2 Å². The van der Waals surface area contributed by atoms with E-state index in [1.165, 1.54) is 64.0 Å². The molecule has 6 rings (SSSR count). The first-order chi connectivity index (χ1) is 30.9. The number of carbonyl (C=O) groups is 2. The number of aliphatic hydroxyl groups excluding tert-OH is 2. The first kappa shape index (κ1) is 50.4. The summed E-state index contributed by atoms with van der Waals surface area (Å²) in [6.07, 6.45) is 19.9. The number of carbonyl (C=O) groups excluding carboxylic acids is 2. The highest BCUT2D eigenvalue weighted by molar-refractivity contribution is 5.95. The zero-order valence-electron chi connectivity index (χ0n) is 42.0. The van der Waals surface area contributed by atoms with E-state index < -0.39 is 18.0 Å². The monoisotopic (exact) mass is 897 g/mol. The average Bonchev–Trinajstić information content (AvgIpc) is 4.00. The molecule has 1 fully saturated rings. The van der Waals surface area contributed by atoms with Gasteiger partial charge in [0.05, 0.1) is 25.2 Å². The lowest BCUT2D eigenvalue weighted by Gasteiger charge is -2.26. The smallest absolute Gasteiger partial charge is 0.320 e. The third-order valence-electron chi connectivity index (χ3n) is 15.8. The summed E-state index contributed by atoms with van der Waals surface area (Å²) in [4.78, 5) is 34.6. The molecule has 1 saturated heterocycles. The lowest BCUT2D eigenvalue weighted by molar-refractivity contribution is -0.144. The molecule has 4 aliphatic rings. The molecule has 3 aliphatic heterocycles. The largest absolute Gasteiger partial charge is 0.510 e. The van der Waals surface area contributed by atoms with E-state index in [1.54, 1.807) is 6.92 Å². The van der Waals surface area contributed by atoms with Gasteiger partial charge >= 0.3 is 11.9 Å². The fraction of sp³-hybridized carbons (Fsp3) is 0.673. The van der Waals surface area contributed by atoms with Gasteiger partial charge in [-0.25, -0.2) is 0 Å². The van der Waals surface area contributed by atoms with Gasteiger partial charge in [-0.1, -0.05) is 106 Å². The molecule has 8 bridgehead atoms. The normalized spacial score (nSPS) is 26.2. The van der Waals surface area contributed by atoms with E-state index in [4.69, 9.17) is 9.47 Å². The Morgan fingerprint density at radius 1 is 0.831 bits per heavy atom. The second-order valence-electron chi connectivity index (χ2n) is 21.2. The summed E-state index contributed by atoms with van der Waals surface area (Å²) >= 11 is 0. The lowest BCUT2D eigenvalue weighted by Crippen LogP contribution is -2.39. The minimum atomic E-state index is -0.991. The molecular weight excluding hydrogens is 813 g/mol. The van der Waals surface area contributed by atoms with Crippen molar-refractivity contribution in [2.75, 3.05) is 13.7 Å². The molecule has 6 N–H and O–H groups in total. The molecule has 2 aromatic rings. The van der Waals surface area contributed by atoms with Crippen LogP contribution in [0.5, 0.6) is 0 Å². The molecule has 2 aromatic heterocycles. The number of aromatic nitrogens is 2. The molecule has 0 aromatic carbocycles. The Balaban J connectivity index is 1.19. The summed E-state index contributed by atoms with van der Waals surface area (Å²) in [5, 5.41) is 33.8. The van der Waals surface area contributed by atoms with E-state index in [2.05, 4.69) is 94.2 Å². The highest BCUT2D eigenvalue weighted by Crippen LogP contribution is 2.41. The Hall–Kier alpha value is -4.02. The molecule has 4 unspecified atom stereocenters. The zero-order valence-corrected chi connectivity index (χ0v) is 42.0. The predicted octanol–water partition coefficient (Wildman–Crippen LogP) is 8.53. The Morgan fingerprint density at radius 2 is 1.46 bits per heavy atom. The summed E-state index contributed by atoms with van der Waals surface area (Å²) in [6, 6.07) is -0.540. The number of esters is 2. The van der Waals surface area contributed by atoms with Crippen LogP contribution >= 0.6 is 0 Å². The van der Waals surface area contributed by atoms with Gasteiger partial charge in [-0.2, -0.15) is 0 Å². The van der Waals surface area contributed by atoms with Crippen molar-refractivity contribution in [2.45, 2.75) is 178 Å². The van der Waals surface area contributed by atoms with Crippen LogP contribution in [0.15, 0.2) is 17.0 Å². The quantitative estimate of drug-likeness (QED) is 0.0684. The van der Waals surface area contributed by atoms with Gasteiger partial charge in [-0.3, -0.25) is 9.59 Å². The van der Waals surface area contributed by atoms with E-state index in [-0.39, 0.29) is 48.0 Å². The van der Waals surface area contributed by atoms with Crippen molar-refractivity contribution in [2.24, 2.45) is 47.3 Å². The number of aliphatic hydroxyl groups is 2. The molecule has 10 atom stereocenters. The van der Waals surface area contributed by atoms with Crippen LogP contribution in [-0.2, 0) is 19.1 Å². The average molecular weight is 897 g/mol. The fourth-order valence-electron chi connectivity index (χ4n) is 11.6. The van der Waals surface area contributed by atoms with Crippen LogP contribution in [0.2, 0.25) is 0 Å². The van der Waals surface area contributed by atoms with E-state index >= 15 is 0 Å². The zero-order chi connectivity index (χ0) is 47.3. The van der Waals surface area contributed by atoms with Crippen molar-refractivity contribution in [3.63, 3.8) is 0 Å². The van der Waals surface area contributed by atoms with E-state index in [9.17, 15) is 19.8 Å². The first-order valence-electron chi connectivity index (χ1n) is 25.4. The van der Waals surface area contributed by atoms with Crippen LogP contribution in [0.3, 0.4) is 0 Å². The van der Waals surface area contributed by atoms with Crippen molar-refractivity contribution < 1.29 is 29.3 Å². The summed E-state index contributed by atoms with van der Waals surface area (Å²) in [7, 11) is 1.36. The number of allylic oxidation sites excluding steroid dienone is 2. The summed E-state index contributed by atoms with van der Waals surface area (Å²) in [6.45, 7) is 24.5. The number of rotatable bonds is 21. The number of hydrogen-bond acceptors (Lipinski definition) is 8. The molecular formula is C55H84N4O6. The predicted molar refractivity (Wildman–Crippen MR) is 264 cm³/mol. The maximum atomic E-state index is 13.7. The number of aromatic amines is 2. The molecule has 360 valence electrons. The standard InChI is InChI=1S/C55H84N4O6/c1-13-39-34(7)41-29-46-48(38(11)60)36(9)43(57-46)27-42-35(8)40(52(58-42)50-51(55(63)64-12)54(62)49-37(10)44(59-53(49)50)28-45(39)56-41)23-24-47(61)65-26-25-33(6)22-16-21-32(5)20-15-19-31(4)18-14-17-30(2)3/h27-33,35,38-40,42,51-52,56-60,62H,13-26H2,1-12H3/b43-27-,45-28-,46-29-/t31-,32+,33?,35+,38?,39-,40+,42?,51-,52?/m1/s1. The number of H-pyrrole nitrogens is 2. The van der Waals surface area contributed by atoms with Crippen LogP contribution in [0.25, 0.3) is 29.6 Å². The number of fused-ring (bicyclic) bond motifs is 8.